The SMILES string of the molecule is CCN(C)C(=O)C(C)Nc1nc(C(C)C)nc(NN)c1C. The number of nitrogens with two attached hydrogens (primary N) is 1. The van der Waals surface area contributed by atoms with Crippen molar-refractivity contribution < 1.29 is 4.79 Å². The number of amides is 1. The van der Waals surface area contributed by atoms with Gasteiger partial charge in [0.15, 0.2) is 0 Å². The molecular weight excluding hydrogens is 268 g/mol. The fourth-order valence-electron chi connectivity index (χ4n) is 1.83. The van der Waals surface area contributed by atoms with Gasteiger partial charge < -0.3 is 15.6 Å². The molecule has 7 nitrogen and oxygen atoms in total. The standard InChI is InChI=1S/C14H26N6O/c1-7-20(6)14(21)10(5)16-12-9(4)13(19-15)18-11(17-12)8(2)3/h8,10H,7,15H2,1-6H3,(H2,16,17,18,19). The van der Waals surface area contributed by atoms with Crippen molar-refractivity contribution in [2.24, 2.45) is 5.84 Å². The third kappa shape index (κ3) is 4.04. The van der Waals surface area contributed by atoms with Crippen LogP contribution in [0.25, 0.3) is 0 Å². The highest BCUT2D eigenvalue weighted by atomic mass is 16.2. The molecule has 21 heavy (non-hydrogen) atoms. The molecule has 7 heteroatoms. The molecule has 1 rings (SSSR count). The van der Waals surface area contributed by atoms with E-state index in [1.165, 1.54) is 0 Å². The van der Waals surface area contributed by atoms with Crippen LogP contribution in [0, 0.1) is 6.92 Å². The largest absolute Gasteiger partial charge is 0.358 e. The number of carbonyl (C=O) groups excluding carboxylic acids is 1. The zero-order chi connectivity index (χ0) is 16.2. The van der Waals surface area contributed by atoms with Crippen LogP contribution in [0.5, 0.6) is 0 Å². The minimum Gasteiger partial charge on any atom is -0.358 e. The summed E-state index contributed by atoms with van der Waals surface area (Å²) in [6.45, 7) is 10.3. The number of hydrogen-bond donors (Lipinski definition) is 3. The molecule has 4 N–H and O–H groups in total. The molecule has 1 atom stereocenters. The molecule has 0 aromatic carbocycles. The summed E-state index contributed by atoms with van der Waals surface area (Å²) < 4.78 is 0. The lowest BCUT2D eigenvalue weighted by molar-refractivity contribution is -0.130. The van der Waals surface area contributed by atoms with E-state index in [-0.39, 0.29) is 17.9 Å². The lowest BCUT2D eigenvalue weighted by Crippen LogP contribution is -2.39. The minimum atomic E-state index is -0.366. The summed E-state index contributed by atoms with van der Waals surface area (Å²) in [5, 5.41) is 3.16. The molecule has 118 valence electrons. The Morgan fingerprint density at radius 3 is 2.33 bits per heavy atom. The molecule has 0 saturated carbocycles. The molecule has 0 aliphatic rings. The number of likely N-dealkylation sites (N-methyl/N-ethyl adjacent to an activating group) is 1. The summed E-state index contributed by atoms with van der Waals surface area (Å²) in [6, 6.07) is -0.366. The molecule has 0 spiro atoms. The normalized spacial score (nSPS) is 12.2. The van der Waals surface area contributed by atoms with Crippen LogP contribution in [0.3, 0.4) is 0 Å². The minimum absolute atomic E-state index is 0.0175. The first kappa shape index (κ1) is 17.2. The van der Waals surface area contributed by atoms with Crippen LogP contribution >= 0.6 is 0 Å². The number of hydrazine groups is 1. The summed E-state index contributed by atoms with van der Waals surface area (Å²) in [7, 11) is 1.78. The van der Waals surface area contributed by atoms with E-state index >= 15 is 0 Å². The van der Waals surface area contributed by atoms with Gasteiger partial charge in [-0.25, -0.2) is 15.8 Å². The molecule has 0 bridgehead atoms. The summed E-state index contributed by atoms with van der Waals surface area (Å²) in [6.07, 6.45) is 0. The maximum Gasteiger partial charge on any atom is 0.244 e. The lowest BCUT2D eigenvalue weighted by Gasteiger charge is -2.22. The number of nitrogens with zero attached hydrogens (tertiary/aromatic N) is 3. The topological polar surface area (TPSA) is 96.2 Å². The quantitative estimate of drug-likeness (QED) is 0.543. The molecule has 0 aliphatic carbocycles. The van der Waals surface area contributed by atoms with Crippen molar-refractivity contribution in [1.29, 1.82) is 0 Å². The molecule has 0 radical (unpaired) electrons. The van der Waals surface area contributed by atoms with Crippen molar-refractivity contribution in [3.8, 4) is 0 Å². The first-order valence-electron chi connectivity index (χ1n) is 7.18. The number of nitrogens with one attached hydrogen (secondary N) is 2. The van der Waals surface area contributed by atoms with E-state index in [9.17, 15) is 4.79 Å². The maximum atomic E-state index is 12.1. The zero-order valence-electron chi connectivity index (χ0n) is 13.7. The molecular formula is C14H26N6O. The van der Waals surface area contributed by atoms with E-state index in [0.29, 0.717) is 24.0 Å². The molecule has 0 saturated heterocycles. The second-order valence-electron chi connectivity index (χ2n) is 5.42. The Morgan fingerprint density at radius 1 is 1.29 bits per heavy atom. The summed E-state index contributed by atoms with van der Waals surface area (Å²) in [5.41, 5.74) is 3.37. The van der Waals surface area contributed by atoms with Gasteiger partial charge in [0.1, 0.15) is 23.5 Å². The van der Waals surface area contributed by atoms with Crippen molar-refractivity contribution in [1.82, 2.24) is 14.9 Å². The number of anilines is 2. The zero-order valence-corrected chi connectivity index (χ0v) is 13.7. The Hall–Kier alpha value is -1.89. The van der Waals surface area contributed by atoms with Crippen LogP contribution in [-0.2, 0) is 4.79 Å². The van der Waals surface area contributed by atoms with Gasteiger partial charge in [-0.05, 0) is 20.8 Å². The molecule has 1 unspecified atom stereocenters. The van der Waals surface area contributed by atoms with Crippen LogP contribution in [0.1, 0.15) is 45.0 Å². The van der Waals surface area contributed by atoms with E-state index in [1.54, 1.807) is 11.9 Å². The Morgan fingerprint density at radius 2 is 1.86 bits per heavy atom. The highest BCUT2D eigenvalue weighted by Crippen LogP contribution is 2.23. The van der Waals surface area contributed by atoms with Crippen molar-refractivity contribution in [2.45, 2.75) is 46.6 Å². The molecule has 1 aromatic rings. The summed E-state index contributed by atoms with van der Waals surface area (Å²) in [4.78, 5) is 22.7. The van der Waals surface area contributed by atoms with Crippen molar-refractivity contribution in [2.75, 3.05) is 24.3 Å². The number of nitrogen functional groups attached to an aromatic ring is 1. The van der Waals surface area contributed by atoms with Crippen LogP contribution < -0.4 is 16.6 Å². The van der Waals surface area contributed by atoms with Gasteiger partial charge in [0, 0.05) is 25.1 Å². The van der Waals surface area contributed by atoms with Crippen LogP contribution in [0.2, 0.25) is 0 Å². The first-order valence-corrected chi connectivity index (χ1v) is 7.18. The van der Waals surface area contributed by atoms with Gasteiger partial charge in [0.25, 0.3) is 0 Å². The van der Waals surface area contributed by atoms with Gasteiger partial charge in [0.05, 0.1) is 0 Å². The van der Waals surface area contributed by atoms with Gasteiger partial charge in [-0.3, -0.25) is 4.79 Å². The first-order chi connectivity index (χ1) is 9.81. The molecule has 1 aromatic heterocycles. The Balaban J connectivity index is 3.07. The van der Waals surface area contributed by atoms with Gasteiger partial charge in [-0.1, -0.05) is 13.8 Å². The lowest BCUT2D eigenvalue weighted by atomic mass is 10.2. The van der Waals surface area contributed by atoms with Gasteiger partial charge >= 0.3 is 0 Å². The second kappa shape index (κ2) is 7.21. The number of hydrogen-bond acceptors (Lipinski definition) is 6. The van der Waals surface area contributed by atoms with E-state index < -0.39 is 0 Å². The molecule has 1 amide bonds. The monoisotopic (exact) mass is 294 g/mol. The Kier molecular flexibility index (Phi) is 5.90. The highest BCUT2D eigenvalue weighted by Gasteiger charge is 2.19. The van der Waals surface area contributed by atoms with E-state index in [4.69, 9.17) is 5.84 Å². The van der Waals surface area contributed by atoms with Crippen molar-refractivity contribution in [3.63, 3.8) is 0 Å². The smallest absolute Gasteiger partial charge is 0.244 e. The van der Waals surface area contributed by atoms with Gasteiger partial charge in [-0.2, -0.15) is 0 Å². The summed E-state index contributed by atoms with van der Waals surface area (Å²) >= 11 is 0. The predicted octanol–water partition coefficient (Wildman–Crippen LogP) is 1.47. The number of rotatable bonds is 6. The van der Waals surface area contributed by atoms with Crippen LogP contribution in [0.4, 0.5) is 11.6 Å². The molecule has 0 aliphatic heterocycles. The average molecular weight is 294 g/mol. The van der Waals surface area contributed by atoms with Crippen LogP contribution in [-0.4, -0.2) is 40.4 Å². The van der Waals surface area contributed by atoms with Gasteiger partial charge in [0.2, 0.25) is 5.91 Å². The van der Waals surface area contributed by atoms with Crippen LogP contribution in [0.15, 0.2) is 0 Å². The number of carbonyl (C=O) groups is 1. The number of aromatic nitrogens is 2. The summed E-state index contributed by atoms with van der Waals surface area (Å²) in [5.74, 6) is 7.57. The Labute approximate surface area is 126 Å². The van der Waals surface area contributed by atoms with E-state index in [2.05, 4.69) is 20.7 Å². The van der Waals surface area contributed by atoms with Gasteiger partial charge in [-0.15, -0.1) is 0 Å². The second-order valence-corrected chi connectivity index (χ2v) is 5.42. The van der Waals surface area contributed by atoms with Crippen molar-refractivity contribution >= 4 is 17.5 Å². The highest BCUT2D eigenvalue weighted by molar-refractivity contribution is 5.84. The maximum absolute atomic E-state index is 12.1. The molecule has 0 fully saturated rings. The molecule has 1 heterocycles. The third-order valence-electron chi connectivity index (χ3n) is 3.39. The van der Waals surface area contributed by atoms with Crippen molar-refractivity contribution in [3.05, 3.63) is 11.4 Å². The third-order valence-corrected chi connectivity index (χ3v) is 3.39. The average Bonchev–Trinajstić information content (AvgIpc) is 2.47. The Bertz CT molecular complexity index is 502. The van der Waals surface area contributed by atoms with E-state index in [1.807, 2.05) is 34.6 Å². The fraction of sp³-hybridized carbons (Fsp3) is 0.643. The fourth-order valence-corrected chi connectivity index (χ4v) is 1.83. The predicted molar refractivity (Wildman–Crippen MR) is 85.1 cm³/mol. The van der Waals surface area contributed by atoms with E-state index in [0.717, 1.165) is 5.56 Å².